The van der Waals surface area contributed by atoms with Crippen LogP contribution in [0, 0.1) is 28.7 Å². The Kier molecular flexibility index (Phi) is 3.93. The third kappa shape index (κ3) is 3.09. The van der Waals surface area contributed by atoms with Crippen molar-refractivity contribution in [2.24, 2.45) is 0 Å². The summed E-state index contributed by atoms with van der Waals surface area (Å²) in [5.41, 5.74) is 1.05. The molecule has 0 aliphatic rings. The first-order valence-corrected chi connectivity index (χ1v) is 5.90. The van der Waals surface area contributed by atoms with Crippen molar-refractivity contribution >= 4 is 11.4 Å². The van der Waals surface area contributed by atoms with Gasteiger partial charge >= 0.3 is 0 Å². The zero-order valence-corrected chi connectivity index (χ0v) is 10.7. The fourth-order valence-corrected chi connectivity index (χ4v) is 1.83. The number of nitro benzene ring substituents is 1. The van der Waals surface area contributed by atoms with Gasteiger partial charge in [0.05, 0.1) is 11.0 Å². The Labute approximate surface area is 114 Å². The van der Waals surface area contributed by atoms with Gasteiger partial charge in [0.2, 0.25) is 0 Å². The third-order valence-corrected chi connectivity index (χ3v) is 2.83. The van der Waals surface area contributed by atoms with E-state index in [1.807, 2.05) is 6.92 Å². The van der Waals surface area contributed by atoms with Gasteiger partial charge in [0.15, 0.2) is 0 Å². The van der Waals surface area contributed by atoms with Crippen molar-refractivity contribution in [3.8, 4) is 0 Å². The average Bonchev–Trinajstić information content (AvgIpc) is 2.40. The van der Waals surface area contributed by atoms with Gasteiger partial charge in [-0.3, -0.25) is 10.1 Å². The third-order valence-electron chi connectivity index (χ3n) is 2.83. The van der Waals surface area contributed by atoms with Gasteiger partial charge < -0.3 is 5.32 Å². The number of hydrogen-bond donors (Lipinski definition) is 1. The summed E-state index contributed by atoms with van der Waals surface area (Å²) in [6.07, 6.45) is 0. The van der Waals surface area contributed by atoms with Gasteiger partial charge in [0.1, 0.15) is 17.3 Å². The minimum absolute atomic E-state index is 0.0833. The maximum Gasteiger partial charge on any atom is 0.295 e. The molecule has 0 fully saturated rings. The predicted molar refractivity (Wildman–Crippen MR) is 71.5 cm³/mol. The Morgan fingerprint density at radius 1 is 1.20 bits per heavy atom. The normalized spacial score (nSPS) is 10.3. The zero-order valence-electron chi connectivity index (χ0n) is 10.7. The van der Waals surface area contributed by atoms with Crippen LogP contribution in [0.1, 0.15) is 11.1 Å². The number of nitrogens with zero attached hydrogens (tertiary/aromatic N) is 1. The minimum atomic E-state index is -0.691. The number of aryl methyl sites for hydroxylation is 1. The molecule has 0 unspecified atom stereocenters. The van der Waals surface area contributed by atoms with Gasteiger partial charge in [-0.05, 0) is 25.1 Å². The van der Waals surface area contributed by atoms with Crippen LogP contribution in [0.4, 0.5) is 20.2 Å². The molecule has 0 spiro atoms. The highest BCUT2D eigenvalue weighted by molar-refractivity contribution is 5.61. The molecule has 0 atom stereocenters. The molecule has 20 heavy (non-hydrogen) atoms. The fraction of sp³-hybridized carbons (Fsp3) is 0.143. The molecule has 4 nitrogen and oxygen atoms in total. The number of halogens is 2. The predicted octanol–water partition coefficient (Wildman–Crippen LogP) is 3.79. The Morgan fingerprint density at radius 2 is 1.95 bits per heavy atom. The number of nitro groups is 1. The summed E-state index contributed by atoms with van der Waals surface area (Å²) in [5.74, 6) is -1.09. The highest BCUT2D eigenvalue weighted by Crippen LogP contribution is 2.25. The quantitative estimate of drug-likeness (QED) is 0.683. The van der Waals surface area contributed by atoms with Crippen LogP contribution in [0.15, 0.2) is 36.4 Å². The lowest BCUT2D eigenvalue weighted by Gasteiger charge is -2.09. The largest absolute Gasteiger partial charge is 0.375 e. The summed E-state index contributed by atoms with van der Waals surface area (Å²) >= 11 is 0. The molecule has 1 N–H and O–H groups in total. The molecule has 0 saturated heterocycles. The Morgan fingerprint density at radius 3 is 2.65 bits per heavy atom. The van der Waals surface area contributed by atoms with E-state index in [0.29, 0.717) is 5.56 Å². The molecular formula is C14H12F2N2O2. The number of nitrogens with one attached hydrogen (secondary N) is 1. The summed E-state index contributed by atoms with van der Waals surface area (Å²) < 4.78 is 26.6. The van der Waals surface area contributed by atoms with E-state index in [2.05, 4.69) is 5.32 Å². The van der Waals surface area contributed by atoms with E-state index in [1.165, 1.54) is 12.1 Å². The summed E-state index contributed by atoms with van der Waals surface area (Å²) in [7, 11) is 0. The molecule has 0 bridgehead atoms. The van der Waals surface area contributed by atoms with Crippen LogP contribution in [0.25, 0.3) is 0 Å². The molecule has 0 saturated carbocycles. The van der Waals surface area contributed by atoms with Gasteiger partial charge in [-0.25, -0.2) is 8.78 Å². The van der Waals surface area contributed by atoms with Crippen molar-refractivity contribution in [2.45, 2.75) is 13.5 Å². The number of anilines is 1. The van der Waals surface area contributed by atoms with E-state index in [4.69, 9.17) is 0 Å². The molecule has 6 heteroatoms. The van der Waals surface area contributed by atoms with Crippen LogP contribution in [-0.2, 0) is 6.54 Å². The van der Waals surface area contributed by atoms with E-state index < -0.39 is 16.6 Å². The van der Waals surface area contributed by atoms with Crippen molar-refractivity contribution in [1.29, 1.82) is 0 Å². The SMILES string of the molecule is Cc1ccc(F)c(CNc2ccc(F)cc2[N+](=O)[O-])c1. The topological polar surface area (TPSA) is 55.2 Å². The van der Waals surface area contributed by atoms with Crippen molar-refractivity contribution in [2.75, 3.05) is 5.32 Å². The molecule has 0 amide bonds. The van der Waals surface area contributed by atoms with Crippen LogP contribution in [0.3, 0.4) is 0 Å². The molecule has 104 valence electrons. The Bertz CT molecular complexity index is 660. The van der Waals surface area contributed by atoms with Crippen molar-refractivity contribution in [3.63, 3.8) is 0 Å². The van der Waals surface area contributed by atoms with Gasteiger partial charge in [0, 0.05) is 12.1 Å². The lowest BCUT2D eigenvalue weighted by molar-refractivity contribution is -0.384. The van der Waals surface area contributed by atoms with Gasteiger partial charge in [-0.2, -0.15) is 0 Å². The van der Waals surface area contributed by atoms with E-state index in [9.17, 15) is 18.9 Å². The second kappa shape index (κ2) is 5.64. The van der Waals surface area contributed by atoms with Crippen molar-refractivity contribution in [1.82, 2.24) is 0 Å². The van der Waals surface area contributed by atoms with E-state index >= 15 is 0 Å². The van der Waals surface area contributed by atoms with Crippen LogP contribution in [0.2, 0.25) is 0 Å². The molecule has 0 aliphatic heterocycles. The molecule has 2 aromatic carbocycles. The van der Waals surface area contributed by atoms with Gasteiger partial charge in [-0.15, -0.1) is 0 Å². The van der Waals surface area contributed by atoms with Gasteiger partial charge in [0.25, 0.3) is 5.69 Å². The highest BCUT2D eigenvalue weighted by atomic mass is 19.1. The first-order chi connectivity index (χ1) is 9.47. The Balaban J connectivity index is 2.23. The van der Waals surface area contributed by atoms with Gasteiger partial charge in [-0.1, -0.05) is 17.7 Å². The van der Waals surface area contributed by atoms with Crippen molar-refractivity contribution in [3.05, 3.63) is 69.3 Å². The first kappa shape index (κ1) is 13.9. The second-order valence-electron chi connectivity index (χ2n) is 4.37. The van der Waals surface area contributed by atoms with E-state index in [-0.39, 0.29) is 17.9 Å². The average molecular weight is 278 g/mol. The molecule has 0 aliphatic carbocycles. The lowest BCUT2D eigenvalue weighted by Crippen LogP contribution is -2.05. The van der Waals surface area contributed by atoms with Crippen LogP contribution in [-0.4, -0.2) is 4.92 Å². The van der Waals surface area contributed by atoms with E-state index in [0.717, 1.165) is 17.7 Å². The maximum atomic E-state index is 13.6. The highest BCUT2D eigenvalue weighted by Gasteiger charge is 2.15. The van der Waals surface area contributed by atoms with Crippen LogP contribution < -0.4 is 5.32 Å². The number of hydrogen-bond acceptors (Lipinski definition) is 3. The lowest BCUT2D eigenvalue weighted by atomic mass is 10.1. The zero-order chi connectivity index (χ0) is 14.7. The Hall–Kier alpha value is -2.50. The van der Waals surface area contributed by atoms with Crippen molar-refractivity contribution < 1.29 is 13.7 Å². The summed E-state index contributed by atoms with van der Waals surface area (Å²) in [6.45, 7) is 1.91. The monoisotopic (exact) mass is 278 g/mol. The summed E-state index contributed by atoms with van der Waals surface area (Å²) in [6, 6.07) is 7.83. The van der Waals surface area contributed by atoms with Crippen LogP contribution >= 0.6 is 0 Å². The summed E-state index contributed by atoms with van der Waals surface area (Å²) in [4.78, 5) is 10.1. The minimum Gasteiger partial charge on any atom is -0.375 e. The first-order valence-electron chi connectivity index (χ1n) is 5.90. The molecular weight excluding hydrogens is 266 g/mol. The second-order valence-corrected chi connectivity index (χ2v) is 4.37. The molecule has 2 rings (SSSR count). The van der Waals surface area contributed by atoms with Crippen LogP contribution in [0.5, 0.6) is 0 Å². The van der Waals surface area contributed by atoms with E-state index in [1.54, 1.807) is 12.1 Å². The molecule has 0 aromatic heterocycles. The smallest absolute Gasteiger partial charge is 0.295 e. The maximum absolute atomic E-state index is 13.6. The molecule has 0 radical (unpaired) electrons. The fourth-order valence-electron chi connectivity index (χ4n) is 1.83. The summed E-state index contributed by atoms with van der Waals surface area (Å²) in [5, 5.41) is 13.6. The number of rotatable bonds is 4. The standard InChI is InChI=1S/C14H12F2N2O2/c1-9-2-4-12(16)10(6-9)8-17-13-5-3-11(15)7-14(13)18(19)20/h2-7,17H,8H2,1H3. The molecule has 2 aromatic rings. The molecule has 0 heterocycles. The number of benzene rings is 2.